The van der Waals surface area contributed by atoms with Crippen LogP contribution in [0.5, 0.6) is 0 Å². The van der Waals surface area contributed by atoms with Crippen molar-refractivity contribution in [3.63, 3.8) is 0 Å². The van der Waals surface area contributed by atoms with Crippen molar-refractivity contribution in [1.29, 1.82) is 0 Å². The lowest BCUT2D eigenvalue weighted by Crippen LogP contribution is -2.43. The van der Waals surface area contributed by atoms with Crippen LogP contribution < -0.4 is 4.90 Å². The van der Waals surface area contributed by atoms with Gasteiger partial charge in [0.25, 0.3) is 5.91 Å². The molecule has 1 aromatic heterocycles. The maximum Gasteiger partial charge on any atom is 0.260 e. The Kier molecular flexibility index (Phi) is 9.91. The van der Waals surface area contributed by atoms with E-state index in [1.165, 1.54) is 4.90 Å². The summed E-state index contributed by atoms with van der Waals surface area (Å²) in [6.07, 6.45) is 2.06. The molecule has 0 bridgehead atoms. The van der Waals surface area contributed by atoms with Gasteiger partial charge in [-0.3, -0.25) is 14.6 Å². The van der Waals surface area contributed by atoms with Crippen molar-refractivity contribution in [3.8, 4) is 0 Å². The van der Waals surface area contributed by atoms with Crippen LogP contribution in [0.3, 0.4) is 0 Å². The number of carbonyl (C=O) groups is 1. The summed E-state index contributed by atoms with van der Waals surface area (Å²) in [4.78, 5) is 25.1. The molecule has 178 valence electrons. The lowest BCUT2D eigenvalue weighted by molar-refractivity contribution is 0.0391. The van der Waals surface area contributed by atoms with Gasteiger partial charge in [-0.15, -0.1) is 35.9 Å². The second kappa shape index (κ2) is 12.4. The van der Waals surface area contributed by atoms with Gasteiger partial charge in [-0.2, -0.15) is 0 Å². The predicted molar refractivity (Wildman–Crippen MR) is 145 cm³/mol. The normalized spacial score (nSPS) is 14.4. The molecule has 0 unspecified atom stereocenters. The van der Waals surface area contributed by atoms with Gasteiger partial charge in [-0.25, -0.2) is 4.98 Å². The Balaban J connectivity index is 0.00000306. The Morgan fingerprint density at radius 1 is 1.18 bits per heavy atom. The van der Waals surface area contributed by atoms with Crippen molar-refractivity contribution in [3.05, 3.63) is 48.0 Å². The summed E-state index contributed by atoms with van der Waals surface area (Å²) in [5, 5.41) is 1.27. The van der Waals surface area contributed by atoms with Crippen LogP contribution in [-0.4, -0.2) is 66.7 Å². The minimum absolute atomic E-state index is 0. The third-order valence-electron chi connectivity index (χ3n) is 5.28. The van der Waals surface area contributed by atoms with E-state index in [0.29, 0.717) is 17.4 Å². The highest BCUT2D eigenvalue weighted by molar-refractivity contribution is 8.00. The molecule has 5 nitrogen and oxygen atoms in total. The number of hydrogen-bond donors (Lipinski definition) is 0. The molecule has 0 atom stereocenters. The monoisotopic (exact) mass is 523 g/mol. The van der Waals surface area contributed by atoms with Crippen molar-refractivity contribution in [2.75, 3.05) is 50.5 Å². The topological polar surface area (TPSA) is 45.7 Å². The molecule has 9 heteroatoms. The lowest BCUT2D eigenvalue weighted by atomic mass is 10.2. The molecule has 0 saturated carbocycles. The maximum absolute atomic E-state index is 13.6. The first-order valence-corrected chi connectivity index (χ1v) is 13.8. The molecule has 1 amide bonds. The standard InChI is InChI=1S/C24H29N3O2S3.ClH/c1-17(2)31-19-9-7-18(8-10-19)23(28)27(12-11-26-13-15-29-16-14-26)24-25-22-20(30-3)5-4-6-21(22)32-24;/h4-10,17H,11-16H2,1-3H3;1H. The molecule has 2 aromatic carbocycles. The Hall–Kier alpha value is -1.29. The number of nitrogens with zero attached hydrogens (tertiary/aromatic N) is 3. The summed E-state index contributed by atoms with van der Waals surface area (Å²) in [5.74, 6) is 0.00381. The number of para-hydroxylation sites is 1. The van der Waals surface area contributed by atoms with Gasteiger partial charge in [0.1, 0.15) is 0 Å². The van der Waals surface area contributed by atoms with E-state index in [-0.39, 0.29) is 18.3 Å². The Bertz CT molecular complexity index is 1050. The number of aromatic nitrogens is 1. The largest absolute Gasteiger partial charge is 0.379 e. The first-order valence-electron chi connectivity index (χ1n) is 10.9. The van der Waals surface area contributed by atoms with Gasteiger partial charge in [0.2, 0.25) is 0 Å². The van der Waals surface area contributed by atoms with E-state index in [1.807, 2.05) is 29.2 Å². The number of fused-ring (bicyclic) bond motifs is 1. The number of hydrogen-bond acceptors (Lipinski definition) is 7. The number of ether oxygens (including phenoxy) is 1. The van der Waals surface area contributed by atoms with Gasteiger partial charge in [0, 0.05) is 46.8 Å². The van der Waals surface area contributed by atoms with E-state index in [4.69, 9.17) is 9.72 Å². The maximum atomic E-state index is 13.6. The number of anilines is 1. The van der Waals surface area contributed by atoms with Crippen LogP contribution in [0.15, 0.2) is 52.3 Å². The fourth-order valence-corrected chi connectivity index (χ4v) is 6.13. The third-order valence-corrected chi connectivity index (χ3v) is 8.11. The number of thiazole rings is 1. The smallest absolute Gasteiger partial charge is 0.260 e. The van der Waals surface area contributed by atoms with Crippen LogP contribution in [0.1, 0.15) is 24.2 Å². The Morgan fingerprint density at radius 2 is 1.91 bits per heavy atom. The van der Waals surface area contributed by atoms with E-state index in [0.717, 1.165) is 53.1 Å². The minimum Gasteiger partial charge on any atom is -0.379 e. The molecule has 1 aliphatic rings. The number of morpholine rings is 1. The molecule has 3 aromatic rings. The number of thioether (sulfide) groups is 2. The highest BCUT2D eigenvalue weighted by Gasteiger charge is 2.23. The van der Waals surface area contributed by atoms with Crippen LogP contribution in [0.4, 0.5) is 5.13 Å². The van der Waals surface area contributed by atoms with Gasteiger partial charge in [-0.1, -0.05) is 31.3 Å². The first-order chi connectivity index (χ1) is 15.5. The molecule has 0 N–H and O–H groups in total. The van der Waals surface area contributed by atoms with Crippen molar-refractivity contribution < 1.29 is 9.53 Å². The fraction of sp³-hybridized carbons (Fsp3) is 0.417. The highest BCUT2D eigenvalue weighted by atomic mass is 35.5. The van der Waals surface area contributed by atoms with Crippen molar-refractivity contribution in [1.82, 2.24) is 9.88 Å². The minimum atomic E-state index is 0. The molecular weight excluding hydrogens is 494 g/mol. The molecule has 33 heavy (non-hydrogen) atoms. The highest BCUT2D eigenvalue weighted by Crippen LogP contribution is 2.34. The molecule has 1 saturated heterocycles. The number of amides is 1. The quantitative estimate of drug-likeness (QED) is 0.341. The average molecular weight is 524 g/mol. The second-order valence-corrected chi connectivity index (χ2v) is 11.4. The van der Waals surface area contributed by atoms with Crippen molar-refractivity contribution >= 4 is 68.5 Å². The summed E-state index contributed by atoms with van der Waals surface area (Å²) in [7, 11) is 0. The summed E-state index contributed by atoms with van der Waals surface area (Å²) < 4.78 is 6.59. The molecule has 1 fully saturated rings. The zero-order valence-electron chi connectivity index (χ0n) is 19.2. The molecule has 0 aliphatic carbocycles. The average Bonchev–Trinajstić information content (AvgIpc) is 3.24. The Labute approximate surface area is 214 Å². The van der Waals surface area contributed by atoms with E-state index in [9.17, 15) is 4.79 Å². The van der Waals surface area contributed by atoms with Crippen LogP contribution in [-0.2, 0) is 4.74 Å². The molecule has 0 spiro atoms. The number of rotatable bonds is 8. The van der Waals surface area contributed by atoms with Gasteiger partial charge < -0.3 is 4.74 Å². The van der Waals surface area contributed by atoms with Gasteiger partial charge in [-0.05, 0) is 42.7 Å². The summed E-state index contributed by atoms with van der Waals surface area (Å²) >= 11 is 5.08. The number of benzene rings is 2. The van der Waals surface area contributed by atoms with Gasteiger partial charge in [0.15, 0.2) is 5.13 Å². The molecule has 2 heterocycles. The van der Waals surface area contributed by atoms with Crippen LogP contribution in [0.25, 0.3) is 10.2 Å². The molecular formula is C24H30ClN3O2S3. The summed E-state index contributed by atoms with van der Waals surface area (Å²) in [5.41, 5.74) is 1.68. The molecule has 4 rings (SSSR count). The van der Waals surface area contributed by atoms with Crippen molar-refractivity contribution in [2.45, 2.75) is 28.9 Å². The summed E-state index contributed by atoms with van der Waals surface area (Å²) in [6.45, 7) is 9.07. The van der Waals surface area contributed by atoms with Crippen LogP contribution in [0, 0.1) is 0 Å². The van der Waals surface area contributed by atoms with E-state index in [1.54, 1.807) is 34.9 Å². The zero-order chi connectivity index (χ0) is 22.5. The molecule has 1 aliphatic heterocycles. The molecule has 0 radical (unpaired) electrons. The van der Waals surface area contributed by atoms with Gasteiger partial charge in [0.05, 0.1) is 23.4 Å². The van der Waals surface area contributed by atoms with E-state index < -0.39 is 0 Å². The van der Waals surface area contributed by atoms with Crippen LogP contribution in [0.2, 0.25) is 0 Å². The summed E-state index contributed by atoms with van der Waals surface area (Å²) in [6, 6.07) is 14.2. The lowest BCUT2D eigenvalue weighted by Gasteiger charge is -2.29. The number of halogens is 1. The predicted octanol–water partition coefficient (Wildman–Crippen LogP) is 5.92. The Morgan fingerprint density at radius 3 is 2.58 bits per heavy atom. The zero-order valence-corrected chi connectivity index (χ0v) is 22.4. The fourth-order valence-electron chi connectivity index (χ4n) is 3.65. The van der Waals surface area contributed by atoms with E-state index >= 15 is 0 Å². The number of carbonyl (C=O) groups excluding carboxylic acids is 1. The second-order valence-electron chi connectivity index (χ2n) is 7.91. The van der Waals surface area contributed by atoms with Gasteiger partial charge >= 0.3 is 0 Å². The van der Waals surface area contributed by atoms with Crippen LogP contribution >= 0.6 is 47.3 Å². The third kappa shape index (κ3) is 6.65. The van der Waals surface area contributed by atoms with E-state index in [2.05, 4.69) is 43.2 Å². The van der Waals surface area contributed by atoms with Crippen molar-refractivity contribution in [2.24, 2.45) is 0 Å². The first kappa shape index (κ1) is 26.3. The SMILES string of the molecule is CSc1cccc2sc(N(CCN3CCOCC3)C(=O)c3ccc(SC(C)C)cc3)nc12.Cl.